The van der Waals surface area contributed by atoms with E-state index in [2.05, 4.69) is 15.9 Å². The number of alkyl halides is 1. The summed E-state index contributed by atoms with van der Waals surface area (Å²) >= 11 is 3.30. The van der Waals surface area contributed by atoms with Gasteiger partial charge in [-0.1, -0.05) is 22.0 Å². The molecule has 0 bridgehead atoms. The monoisotopic (exact) mass is 258 g/mol. The van der Waals surface area contributed by atoms with E-state index in [0.29, 0.717) is 0 Å². The molecule has 0 aliphatic carbocycles. The Labute approximate surface area is 90.5 Å². The number of carboxylic acid groups (broad SMARTS) is 1. The number of hydrogen-bond donors (Lipinski definition) is 2. The number of carboxylic acids is 1. The smallest absolute Gasteiger partial charge is 0.339 e. The number of aromatic carboxylic acids is 1. The number of aromatic hydroxyl groups is 1. The molecule has 76 valence electrons. The van der Waals surface area contributed by atoms with Crippen LogP contribution < -0.4 is 0 Å². The van der Waals surface area contributed by atoms with Crippen molar-refractivity contribution in [1.29, 1.82) is 0 Å². The Balaban J connectivity index is 2.89. The van der Waals surface area contributed by atoms with Gasteiger partial charge in [-0.3, -0.25) is 0 Å². The summed E-state index contributed by atoms with van der Waals surface area (Å²) in [4.78, 5) is 10.7. The van der Waals surface area contributed by atoms with Gasteiger partial charge < -0.3 is 10.2 Å². The van der Waals surface area contributed by atoms with Gasteiger partial charge in [0.1, 0.15) is 11.3 Å². The maximum absolute atomic E-state index is 10.7. The Morgan fingerprint density at radius 3 is 2.71 bits per heavy atom. The average molecular weight is 259 g/mol. The lowest BCUT2D eigenvalue weighted by Gasteiger charge is -2.03. The molecule has 0 saturated carbocycles. The minimum absolute atomic E-state index is 0.0305. The van der Waals surface area contributed by atoms with E-state index in [1.54, 1.807) is 6.07 Å². The minimum atomic E-state index is -1.09. The van der Waals surface area contributed by atoms with Gasteiger partial charge in [0.05, 0.1) is 0 Å². The molecule has 0 spiro atoms. The molecule has 1 rings (SSSR count). The number of aryl methyl sites for hydroxylation is 1. The zero-order valence-electron chi connectivity index (χ0n) is 7.53. The van der Waals surface area contributed by atoms with Gasteiger partial charge >= 0.3 is 5.97 Å². The molecule has 1 aromatic carbocycles. The van der Waals surface area contributed by atoms with Crippen LogP contribution in [0.3, 0.4) is 0 Å². The van der Waals surface area contributed by atoms with Crippen molar-refractivity contribution in [1.82, 2.24) is 0 Å². The van der Waals surface area contributed by atoms with Gasteiger partial charge in [0.25, 0.3) is 0 Å². The van der Waals surface area contributed by atoms with Crippen LogP contribution in [0.5, 0.6) is 5.75 Å². The molecule has 2 N–H and O–H groups in total. The summed E-state index contributed by atoms with van der Waals surface area (Å²) in [5, 5.41) is 18.9. The van der Waals surface area contributed by atoms with E-state index in [9.17, 15) is 9.90 Å². The van der Waals surface area contributed by atoms with Crippen molar-refractivity contribution in [3.8, 4) is 5.75 Å². The summed E-state index contributed by atoms with van der Waals surface area (Å²) in [5.74, 6) is -1.27. The highest BCUT2D eigenvalue weighted by molar-refractivity contribution is 9.09. The summed E-state index contributed by atoms with van der Waals surface area (Å²) in [6.07, 6.45) is 1.76. The number of carbonyl (C=O) groups is 1. The Hall–Kier alpha value is -1.03. The van der Waals surface area contributed by atoms with Crippen molar-refractivity contribution in [3.05, 3.63) is 29.3 Å². The van der Waals surface area contributed by atoms with E-state index in [4.69, 9.17) is 5.11 Å². The first-order valence-electron chi connectivity index (χ1n) is 4.26. The van der Waals surface area contributed by atoms with Gasteiger partial charge in [0.15, 0.2) is 0 Å². The third kappa shape index (κ3) is 2.73. The van der Waals surface area contributed by atoms with Crippen molar-refractivity contribution < 1.29 is 15.0 Å². The van der Waals surface area contributed by atoms with Crippen molar-refractivity contribution in [2.24, 2.45) is 0 Å². The second-order valence-corrected chi connectivity index (χ2v) is 3.74. The Morgan fingerprint density at radius 1 is 1.43 bits per heavy atom. The van der Waals surface area contributed by atoms with E-state index in [1.807, 2.05) is 0 Å². The van der Waals surface area contributed by atoms with E-state index in [-0.39, 0.29) is 11.3 Å². The summed E-state index contributed by atoms with van der Waals surface area (Å²) in [6.45, 7) is 0. The largest absolute Gasteiger partial charge is 0.507 e. The second kappa shape index (κ2) is 5.00. The molecule has 0 saturated heterocycles. The Bertz CT molecular complexity index is 336. The van der Waals surface area contributed by atoms with Crippen LogP contribution in [-0.4, -0.2) is 21.5 Å². The molecule has 0 unspecified atom stereocenters. The third-order valence-electron chi connectivity index (χ3n) is 1.89. The lowest BCUT2D eigenvalue weighted by Crippen LogP contribution is -1.98. The Kier molecular flexibility index (Phi) is 3.95. The molecule has 0 amide bonds. The normalized spacial score (nSPS) is 10.1. The van der Waals surface area contributed by atoms with E-state index in [1.165, 1.54) is 12.1 Å². The van der Waals surface area contributed by atoms with Gasteiger partial charge in [-0.2, -0.15) is 0 Å². The van der Waals surface area contributed by atoms with Crippen LogP contribution in [0, 0.1) is 0 Å². The zero-order valence-corrected chi connectivity index (χ0v) is 9.12. The molecule has 0 aliphatic rings. The number of benzene rings is 1. The molecule has 3 nitrogen and oxygen atoms in total. The first-order valence-corrected chi connectivity index (χ1v) is 5.38. The molecule has 0 aromatic heterocycles. The standard InChI is InChI=1S/C10H11BrO3/c11-5-1-2-7-3-4-9(12)8(6-7)10(13)14/h3-4,6,12H,1-2,5H2,(H,13,14). The molecule has 0 aliphatic heterocycles. The minimum Gasteiger partial charge on any atom is -0.507 e. The summed E-state index contributed by atoms with van der Waals surface area (Å²) < 4.78 is 0. The zero-order chi connectivity index (χ0) is 10.6. The summed E-state index contributed by atoms with van der Waals surface area (Å²) in [5.41, 5.74) is 0.900. The number of rotatable bonds is 4. The average Bonchev–Trinajstić information content (AvgIpc) is 2.16. The fraction of sp³-hybridized carbons (Fsp3) is 0.300. The molecule has 0 radical (unpaired) electrons. The molecular weight excluding hydrogens is 248 g/mol. The van der Waals surface area contributed by atoms with E-state index in [0.717, 1.165) is 23.7 Å². The fourth-order valence-electron chi connectivity index (χ4n) is 1.18. The van der Waals surface area contributed by atoms with E-state index >= 15 is 0 Å². The summed E-state index contributed by atoms with van der Waals surface area (Å²) in [7, 11) is 0. The molecule has 0 fully saturated rings. The van der Waals surface area contributed by atoms with Gasteiger partial charge in [-0.15, -0.1) is 0 Å². The predicted molar refractivity (Wildman–Crippen MR) is 57.2 cm³/mol. The Morgan fingerprint density at radius 2 is 2.14 bits per heavy atom. The lowest BCUT2D eigenvalue weighted by molar-refractivity contribution is 0.0693. The number of halogens is 1. The highest BCUT2D eigenvalue weighted by Crippen LogP contribution is 2.19. The maximum atomic E-state index is 10.7. The third-order valence-corrected chi connectivity index (χ3v) is 2.45. The molecule has 0 heterocycles. The SMILES string of the molecule is O=C(O)c1cc(CCCBr)ccc1O. The quantitative estimate of drug-likeness (QED) is 0.816. The van der Waals surface area contributed by atoms with Gasteiger partial charge in [-0.25, -0.2) is 4.79 Å². The molecule has 14 heavy (non-hydrogen) atoms. The van der Waals surface area contributed by atoms with Crippen molar-refractivity contribution in [2.75, 3.05) is 5.33 Å². The van der Waals surface area contributed by atoms with Crippen LogP contribution in [0.1, 0.15) is 22.3 Å². The van der Waals surface area contributed by atoms with Gasteiger partial charge in [0.2, 0.25) is 0 Å². The van der Waals surface area contributed by atoms with Crippen LogP contribution in [0.2, 0.25) is 0 Å². The van der Waals surface area contributed by atoms with E-state index < -0.39 is 5.97 Å². The van der Waals surface area contributed by atoms with Gasteiger partial charge in [-0.05, 0) is 30.5 Å². The molecule has 0 atom stereocenters. The van der Waals surface area contributed by atoms with Crippen molar-refractivity contribution in [3.63, 3.8) is 0 Å². The van der Waals surface area contributed by atoms with Crippen LogP contribution >= 0.6 is 15.9 Å². The first kappa shape index (κ1) is 11.0. The van der Waals surface area contributed by atoms with Crippen molar-refractivity contribution in [2.45, 2.75) is 12.8 Å². The number of phenols is 1. The lowest BCUT2D eigenvalue weighted by atomic mass is 10.1. The summed E-state index contributed by atoms with van der Waals surface area (Å²) in [6, 6.07) is 4.68. The van der Waals surface area contributed by atoms with Crippen LogP contribution in [-0.2, 0) is 6.42 Å². The van der Waals surface area contributed by atoms with Gasteiger partial charge in [0, 0.05) is 5.33 Å². The second-order valence-electron chi connectivity index (χ2n) is 2.95. The molecule has 1 aromatic rings. The predicted octanol–water partition coefficient (Wildman–Crippen LogP) is 2.42. The topological polar surface area (TPSA) is 57.5 Å². The van der Waals surface area contributed by atoms with Crippen LogP contribution in [0.15, 0.2) is 18.2 Å². The van der Waals surface area contributed by atoms with Crippen LogP contribution in [0.4, 0.5) is 0 Å². The first-order chi connectivity index (χ1) is 6.65. The van der Waals surface area contributed by atoms with Crippen molar-refractivity contribution >= 4 is 21.9 Å². The fourth-order valence-corrected chi connectivity index (χ4v) is 1.46. The van der Waals surface area contributed by atoms with Crippen LogP contribution in [0.25, 0.3) is 0 Å². The highest BCUT2D eigenvalue weighted by Gasteiger charge is 2.09. The number of hydrogen-bond acceptors (Lipinski definition) is 2. The maximum Gasteiger partial charge on any atom is 0.339 e. The highest BCUT2D eigenvalue weighted by atomic mass is 79.9. The molecule has 4 heteroatoms. The molecular formula is C10H11BrO3.